The molecule has 0 radical (unpaired) electrons. The van der Waals surface area contributed by atoms with Crippen molar-refractivity contribution < 1.29 is 14.6 Å². The molecule has 33 heavy (non-hydrogen) atoms. The number of anilines is 1. The molecule has 1 aliphatic carbocycles. The van der Waals surface area contributed by atoms with Crippen molar-refractivity contribution in [2.24, 2.45) is 11.8 Å². The van der Waals surface area contributed by atoms with E-state index in [1.54, 1.807) is 35.3 Å². The summed E-state index contributed by atoms with van der Waals surface area (Å²) in [7, 11) is 0. The molecule has 0 amide bonds. The number of aromatic nitrogens is 5. The van der Waals surface area contributed by atoms with Crippen LogP contribution in [-0.2, 0) is 4.79 Å². The molecule has 0 saturated heterocycles. The van der Waals surface area contributed by atoms with Crippen LogP contribution in [0, 0.1) is 11.8 Å². The number of carboxylic acids is 1. The Labute approximate surface area is 196 Å². The van der Waals surface area contributed by atoms with Crippen molar-refractivity contribution >= 4 is 33.4 Å². The van der Waals surface area contributed by atoms with E-state index in [0.717, 1.165) is 16.8 Å². The van der Waals surface area contributed by atoms with Gasteiger partial charge in [0.2, 0.25) is 5.88 Å². The third-order valence-corrected chi connectivity index (χ3v) is 6.21. The summed E-state index contributed by atoms with van der Waals surface area (Å²) in [5.74, 6) is -0.614. The first-order chi connectivity index (χ1) is 15.9. The van der Waals surface area contributed by atoms with Crippen LogP contribution in [0.1, 0.15) is 6.92 Å². The highest BCUT2D eigenvalue weighted by atomic mass is 79.9. The van der Waals surface area contributed by atoms with E-state index >= 15 is 0 Å². The molecule has 3 aromatic heterocycles. The topological polar surface area (TPSA) is 121 Å². The van der Waals surface area contributed by atoms with Crippen LogP contribution in [0.15, 0.2) is 77.4 Å². The second kappa shape index (κ2) is 8.21. The van der Waals surface area contributed by atoms with E-state index < -0.39 is 11.9 Å². The molecular formula is C23H19BrN6O3. The average Bonchev–Trinajstić information content (AvgIpc) is 3.45. The normalized spacial score (nSPS) is 17.8. The number of fused-ring (bicyclic) bond motifs is 1. The Morgan fingerprint density at radius 2 is 2.00 bits per heavy atom. The van der Waals surface area contributed by atoms with E-state index in [9.17, 15) is 9.90 Å². The Bertz CT molecular complexity index is 1420. The van der Waals surface area contributed by atoms with Crippen LogP contribution in [0.4, 0.5) is 5.82 Å². The van der Waals surface area contributed by atoms with Gasteiger partial charge in [0.05, 0.1) is 24.0 Å². The molecular weight excluding hydrogens is 488 g/mol. The first kappa shape index (κ1) is 21.0. The lowest BCUT2D eigenvalue weighted by molar-refractivity contribution is -0.141. The fraction of sp³-hybridized carbons (Fsp3) is 0.130. The third kappa shape index (κ3) is 3.78. The highest BCUT2D eigenvalue weighted by Gasteiger charge is 2.25. The van der Waals surface area contributed by atoms with E-state index in [2.05, 4.69) is 31.1 Å². The first-order valence-corrected chi connectivity index (χ1v) is 11.0. The van der Waals surface area contributed by atoms with Crippen molar-refractivity contribution in [3.05, 3.63) is 77.4 Å². The largest absolute Gasteiger partial charge is 0.481 e. The number of nitrogen functional groups attached to an aromatic ring is 1. The summed E-state index contributed by atoms with van der Waals surface area (Å²) in [4.78, 5) is 16.0. The van der Waals surface area contributed by atoms with Gasteiger partial charge in [-0.3, -0.25) is 4.79 Å². The van der Waals surface area contributed by atoms with Gasteiger partial charge in [-0.1, -0.05) is 31.2 Å². The van der Waals surface area contributed by atoms with Gasteiger partial charge in [-0.05, 0) is 46.1 Å². The van der Waals surface area contributed by atoms with E-state index in [-0.39, 0.29) is 11.8 Å². The first-order valence-electron chi connectivity index (χ1n) is 10.2. The Balaban J connectivity index is 1.51. The number of aliphatic carboxylic acids is 1. The summed E-state index contributed by atoms with van der Waals surface area (Å²) in [6.45, 7) is 1.82. The predicted molar refractivity (Wildman–Crippen MR) is 126 cm³/mol. The summed E-state index contributed by atoms with van der Waals surface area (Å²) < 4.78 is 9.74. The molecule has 0 bridgehead atoms. The van der Waals surface area contributed by atoms with Gasteiger partial charge in [0.1, 0.15) is 16.0 Å². The maximum absolute atomic E-state index is 11.3. The minimum Gasteiger partial charge on any atom is -0.481 e. The summed E-state index contributed by atoms with van der Waals surface area (Å²) >= 11 is 3.44. The number of hydrogen-bond donors (Lipinski definition) is 2. The van der Waals surface area contributed by atoms with Crippen molar-refractivity contribution in [3.63, 3.8) is 0 Å². The zero-order valence-electron chi connectivity index (χ0n) is 17.5. The number of para-hydroxylation sites is 1. The Morgan fingerprint density at radius 1 is 1.21 bits per heavy atom. The minimum atomic E-state index is -0.876. The number of ether oxygens (including phenoxy) is 1. The molecule has 1 aliphatic rings. The van der Waals surface area contributed by atoms with Crippen LogP contribution in [-0.4, -0.2) is 35.5 Å². The molecule has 4 aromatic rings. The van der Waals surface area contributed by atoms with Crippen molar-refractivity contribution in [2.45, 2.75) is 6.92 Å². The lowest BCUT2D eigenvalue weighted by atomic mass is 9.89. The van der Waals surface area contributed by atoms with Gasteiger partial charge < -0.3 is 15.6 Å². The standard InChI is InChI=1S/C23H19BrN6O3/c1-13-9-16(7-8-17(13)23(31)32)33-22-19(24)20(25)30-21(28-22)18(11-27-30)14-10-26-29(12-14)15-5-3-2-4-6-15/h2-13,17H,25H2,1H3,(H,31,32). The maximum Gasteiger partial charge on any atom is 0.310 e. The van der Waals surface area contributed by atoms with E-state index in [1.807, 2.05) is 43.5 Å². The van der Waals surface area contributed by atoms with Gasteiger partial charge in [-0.15, -0.1) is 0 Å². The molecule has 5 rings (SSSR count). The maximum atomic E-state index is 11.3. The molecule has 2 atom stereocenters. The van der Waals surface area contributed by atoms with Crippen molar-refractivity contribution in [1.82, 2.24) is 24.4 Å². The molecule has 1 aromatic carbocycles. The zero-order valence-corrected chi connectivity index (χ0v) is 19.0. The summed E-state index contributed by atoms with van der Waals surface area (Å²) in [5, 5.41) is 18.1. The molecule has 10 heteroatoms. The monoisotopic (exact) mass is 506 g/mol. The molecule has 2 unspecified atom stereocenters. The van der Waals surface area contributed by atoms with Crippen LogP contribution in [0.3, 0.4) is 0 Å². The number of halogens is 1. The van der Waals surface area contributed by atoms with E-state index in [0.29, 0.717) is 21.7 Å². The number of hydrogen-bond acceptors (Lipinski definition) is 6. The lowest BCUT2D eigenvalue weighted by Gasteiger charge is -2.19. The van der Waals surface area contributed by atoms with Crippen LogP contribution in [0.25, 0.3) is 22.5 Å². The summed E-state index contributed by atoms with van der Waals surface area (Å²) in [6.07, 6.45) is 10.3. The molecule has 0 spiro atoms. The lowest BCUT2D eigenvalue weighted by Crippen LogP contribution is -2.21. The quantitative estimate of drug-likeness (QED) is 0.417. The molecule has 3 heterocycles. The molecule has 0 aliphatic heterocycles. The van der Waals surface area contributed by atoms with Gasteiger partial charge in [-0.25, -0.2) is 4.68 Å². The SMILES string of the molecule is CC1C=C(Oc2nc3c(-c4cnn(-c5ccccc5)c4)cnn3c(N)c2Br)C=CC1C(=O)O. The Hall–Kier alpha value is -3.92. The van der Waals surface area contributed by atoms with Crippen LogP contribution in [0.2, 0.25) is 0 Å². The number of nitrogens with zero attached hydrogens (tertiary/aromatic N) is 5. The number of carbonyl (C=O) groups is 1. The Kier molecular flexibility index (Phi) is 5.21. The number of allylic oxidation sites excluding steroid dienone is 2. The Morgan fingerprint density at radius 3 is 2.73 bits per heavy atom. The zero-order chi connectivity index (χ0) is 23.1. The van der Waals surface area contributed by atoms with Crippen LogP contribution < -0.4 is 10.5 Å². The van der Waals surface area contributed by atoms with Crippen LogP contribution >= 0.6 is 15.9 Å². The molecule has 0 fully saturated rings. The highest BCUT2D eigenvalue weighted by Crippen LogP contribution is 2.35. The van der Waals surface area contributed by atoms with Gasteiger partial charge in [0.25, 0.3) is 0 Å². The fourth-order valence-electron chi connectivity index (χ4n) is 3.71. The summed E-state index contributed by atoms with van der Waals surface area (Å²) in [6, 6.07) is 9.78. The average molecular weight is 507 g/mol. The molecule has 0 saturated carbocycles. The predicted octanol–water partition coefficient (Wildman–Crippen LogP) is 4.10. The third-order valence-electron chi connectivity index (χ3n) is 5.47. The number of rotatable bonds is 5. The second-order valence-electron chi connectivity index (χ2n) is 7.67. The molecule has 3 N–H and O–H groups in total. The van der Waals surface area contributed by atoms with Gasteiger partial charge in [0.15, 0.2) is 5.65 Å². The number of nitrogens with two attached hydrogens (primary N) is 1. The highest BCUT2D eigenvalue weighted by molar-refractivity contribution is 9.10. The van der Waals surface area contributed by atoms with Crippen molar-refractivity contribution in [3.8, 4) is 22.7 Å². The van der Waals surface area contributed by atoms with Crippen molar-refractivity contribution in [2.75, 3.05) is 5.73 Å². The van der Waals surface area contributed by atoms with E-state index in [1.165, 1.54) is 4.52 Å². The van der Waals surface area contributed by atoms with Crippen molar-refractivity contribution in [1.29, 1.82) is 0 Å². The van der Waals surface area contributed by atoms with Gasteiger partial charge >= 0.3 is 5.97 Å². The number of benzene rings is 1. The number of carboxylic acid groups (broad SMARTS) is 1. The minimum absolute atomic E-state index is 0.225. The van der Waals surface area contributed by atoms with E-state index in [4.69, 9.17) is 10.5 Å². The fourth-order valence-corrected chi connectivity index (χ4v) is 4.05. The molecule has 9 nitrogen and oxygen atoms in total. The smallest absolute Gasteiger partial charge is 0.310 e. The molecule has 166 valence electrons. The second-order valence-corrected chi connectivity index (χ2v) is 8.47. The van der Waals surface area contributed by atoms with Gasteiger partial charge in [-0.2, -0.15) is 19.7 Å². The van der Waals surface area contributed by atoms with Crippen LogP contribution in [0.5, 0.6) is 5.88 Å². The van der Waals surface area contributed by atoms with Gasteiger partial charge in [0, 0.05) is 17.3 Å². The summed E-state index contributed by atoms with van der Waals surface area (Å²) in [5.41, 5.74) is 9.31.